The summed E-state index contributed by atoms with van der Waals surface area (Å²) in [5.74, 6) is -0.415. The Balaban J connectivity index is 1.59. The van der Waals surface area contributed by atoms with Crippen LogP contribution in [0.4, 0.5) is 0 Å². The first-order valence-corrected chi connectivity index (χ1v) is 9.45. The molecule has 4 aromatic rings. The summed E-state index contributed by atoms with van der Waals surface area (Å²) < 4.78 is 1.39. The molecule has 134 valence electrons. The van der Waals surface area contributed by atoms with Gasteiger partial charge in [-0.3, -0.25) is 14.0 Å². The van der Waals surface area contributed by atoms with Crippen molar-refractivity contribution in [2.75, 3.05) is 6.54 Å². The van der Waals surface area contributed by atoms with E-state index in [2.05, 4.69) is 10.3 Å². The van der Waals surface area contributed by atoms with Gasteiger partial charge in [-0.25, -0.2) is 4.98 Å². The van der Waals surface area contributed by atoms with Crippen molar-refractivity contribution in [2.24, 2.45) is 0 Å². The number of hydrogen-bond acceptors (Lipinski definition) is 4. The number of rotatable bonds is 5. The average Bonchev–Trinajstić information content (AvgIpc) is 3.20. The third kappa shape index (κ3) is 3.52. The molecule has 0 spiro atoms. The zero-order valence-electron chi connectivity index (χ0n) is 14.4. The first-order chi connectivity index (χ1) is 13.2. The number of hydrogen-bond donors (Lipinski definition) is 1. The number of amides is 1. The molecule has 2 aromatic heterocycles. The molecule has 0 aliphatic heterocycles. The highest BCUT2D eigenvalue weighted by molar-refractivity contribution is 7.15. The van der Waals surface area contributed by atoms with Crippen LogP contribution in [0.15, 0.2) is 83.2 Å². The second-order valence-corrected chi connectivity index (χ2v) is 6.99. The van der Waals surface area contributed by atoms with Crippen LogP contribution < -0.4 is 10.9 Å². The van der Waals surface area contributed by atoms with Crippen LogP contribution in [-0.4, -0.2) is 21.8 Å². The summed E-state index contributed by atoms with van der Waals surface area (Å²) in [6.07, 6.45) is 2.98. The maximum absolute atomic E-state index is 12.6. The molecule has 0 saturated heterocycles. The van der Waals surface area contributed by atoms with Crippen molar-refractivity contribution in [1.82, 2.24) is 14.7 Å². The highest BCUT2D eigenvalue weighted by Crippen LogP contribution is 2.23. The molecule has 0 bridgehead atoms. The molecule has 0 fully saturated rings. The predicted octanol–water partition coefficient (Wildman–Crippen LogP) is 3.32. The summed E-state index contributed by atoms with van der Waals surface area (Å²) in [4.78, 5) is 29.9. The molecule has 0 aliphatic carbocycles. The van der Waals surface area contributed by atoms with Crippen LogP contribution in [0.25, 0.3) is 4.96 Å². The van der Waals surface area contributed by atoms with Crippen LogP contribution in [-0.2, 0) is 0 Å². The Kier molecular flexibility index (Phi) is 4.80. The van der Waals surface area contributed by atoms with Crippen LogP contribution in [0.3, 0.4) is 0 Å². The molecular formula is C21H17N3O2S. The van der Waals surface area contributed by atoms with Crippen LogP contribution in [0.5, 0.6) is 0 Å². The van der Waals surface area contributed by atoms with Gasteiger partial charge in [0.2, 0.25) is 0 Å². The number of fused-ring (bicyclic) bond motifs is 1. The quantitative estimate of drug-likeness (QED) is 0.582. The zero-order valence-corrected chi connectivity index (χ0v) is 15.2. The Morgan fingerprint density at radius 1 is 1.04 bits per heavy atom. The molecule has 1 N–H and O–H groups in total. The van der Waals surface area contributed by atoms with Crippen LogP contribution in [0.1, 0.15) is 27.4 Å². The fraction of sp³-hybridized carbons (Fsp3) is 0.0952. The van der Waals surface area contributed by atoms with E-state index in [0.717, 1.165) is 11.1 Å². The minimum absolute atomic E-state index is 0.00283. The van der Waals surface area contributed by atoms with Gasteiger partial charge in [0.1, 0.15) is 5.56 Å². The van der Waals surface area contributed by atoms with Gasteiger partial charge in [-0.1, -0.05) is 60.7 Å². The Morgan fingerprint density at radius 3 is 2.30 bits per heavy atom. The van der Waals surface area contributed by atoms with E-state index in [-0.39, 0.29) is 17.0 Å². The molecule has 0 aliphatic rings. The van der Waals surface area contributed by atoms with Crippen molar-refractivity contribution in [2.45, 2.75) is 5.92 Å². The van der Waals surface area contributed by atoms with Gasteiger partial charge >= 0.3 is 0 Å². The first-order valence-electron chi connectivity index (χ1n) is 8.57. The lowest BCUT2D eigenvalue weighted by molar-refractivity contribution is 0.0950. The minimum atomic E-state index is -0.412. The zero-order chi connectivity index (χ0) is 18.6. The van der Waals surface area contributed by atoms with E-state index in [0.29, 0.717) is 11.5 Å². The lowest BCUT2D eigenvalue weighted by Gasteiger charge is -2.18. The molecule has 27 heavy (non-hydrogen) atoms. The van der Waals surface area contributed by atoms with Gasteiger partial charge in [0, 0.05) is 30.2 Å². The molecule has 0 unspecified atom stereocenters. The summed E-state index contributed by atoms with van der Waals surface area (Å²) in [6.45, 7) is 0.388. The molecular weight excluding hydrogens is 358 g/mol. The van der Waals surface area contributed by atoms with E-state index in [4.69, 9.17) is 0 Å². The lowest BCUT2D eigenvalue weighted by Crippen LogP contribution is -2.34. The highest BCUT2D eigenvalue weighted by atomic mass is 32.1. The number of benzene rings is 2. The highest BCUT2D eigenvalue weighted by Gasteiger charge is 2.18. The van der Waals surface area contributed by atoms with Gasteiger partial charge in [-0.2, -0.15) is 0 Å². The van der Waals surface area contributed by atoms with Crippen molar-refractivity contribution in [3.8, 4) is 0 Å². The van der Waals surface area contributed by atoms with Crippen molar-refractivity contribution < 1.29 is 4.79 Å². The summed E-state index contributed by atoms with van der Waals surface area (Å²) in [5, 5.41) is 4.67. The smallest absolute Gasteiger partial charge is 0.271 e. The second-order valence-electron chi connectivity index (χ2n) is 6.12. The maximum atomic E-state index is 12.6. The number of thiazole rings is 1. The van der Waals surface area contributed by atoms with E-state index < -0.39 is 5.91 Å². The van der Waals surface area contributed by atoms with Crippen molar-refractivity contribution >= 4 is 22.2 Å². The number of aromatic nitrogens is 2. The van der Waals surface area contributed by atoms with Gasteiger partial charge in [0.25, 0.3) is 11.5 Å². The Morgan fingerprint density at radius 2 is 1.67 bits per heavy atom. The molecule has 1 amide bonds. The van der Waals surface area contributed by atoms with E-state index >= 15 is 0 Å². The van der Waals surface area contributed by atoms with E-state index in [1.807, 2.05) is 60.7 Å². The SMILES string of the molecule is O=C(NCC(c1ccccc1)c1ccccc1)c1cnc2sccn2c1=O. The van der Waals surface area contributed by atoms with Crippen LogP contribution in [0, 0.1) is 0 Å². The Labute approximate surface area is 160 Å². The third-order valence-corrected chi connectivity index (χ3v) is 5.23. The monoisotopic (exact) mass is 375 g/mol. The van der Waals surface area contributed by atoms with Crippen LogP contribution >= 0.6 is 11.3 Å². The average molecular weight is 375 g/mol. The van der Waals surface area contributed by atoms with Gasteiger partial charge in [-0.15, -0.1) is 11.3 Å². The first kappa shape index (κ1) is 17.2. The van der Waals surface area contributed by atoms with Gasteiger partial charge in [-0.05, 0) is 11.1 Å². The number of carbonyl (C=O) groups excluding carboxylic acids is 1. The standard InChI is InChI=1S/C21H17N3O2S/c25-19(18-14-23-21-24(20(18)26)11-12-27-21)22-13-17(15-7-3-1-4-8-15)16-9-5-2-6-10-16/h1-12,14,17H,13H2,(H,22,25). The molecule has 0 atom stereocenters. The van der Waals surface area contributed by atoms with E-state index in [1.54, 1.807) is 11.6 Å². The van der Waals surface area contributed by atoms with Gasteiger partial charge in [0.05, 0.1) is 0 Å². The normalized spacial score (nSPS) is 11.0. The molecule has 5 nitrogen and oxygen atoms in total. The number of carbonyl (C=O) groups is 1. The van der Waals surface area contributed by atoms with E-state index in [1.165, 1.54) is 21.9 Å². The number of nitrogens with zero attached hydrogens (tertiary/aromatic N) is 2. The third-order valence-electron chi connectivity index (χ3n) is 4.46. The molecule has 2 heterocycles. The summed E-state index contributed by atoms with van der Waals surface area (Å²) >= 11 is 1.35. The van der Waals surface area contributed by atoms with Gasteiger partial charge in [0.15, 0.2) is 4.96 Å². The minimum Gasteiger partial charge on any atom is -0.351 e. The summed E-state index contributed by atoms with van der Waals surface area (Å²) in [5.41, 5.74) is 1.90. The van der Waals surface area contributed by atoms with Crippen molar-refractivity contribution in [3.05, 3.63) is 105 Å². The maximum Gasteiger partial charge on any atom is 0.271 e. The van der Waals surface area contributed by atoms with Crippen molar-refractivity contribution in [1.29, 1.82) is 0 Å². The second kappa shape index (κ2) is 7.55. The fourth-order valence-electron chi connectivity index (χ4n) is 3.07. The van der Waals surface area contributed by atoms with Crippen LogP contribution in [0.2, 0.25) is 0 Å². The lowest BCUT2D eigenvalue weighted by atomic mass is 9.91. The molecule has 0 saturated carbocycles. The van der Waals surface area contributed by atoms with Crippen molar-refractivity contribution in [3.63, 3.8) is 0 Å². The van der Waals surface area contributed by atoms with Gasteiger partial charge < -0.3 is 5.32 Å². The van der Waals surface area contributed by atoms with E-state index in [9.17, 15) is 9.59 Å². The Hall–Kier alpha value is -3.25. The topological polar surface area (TPSA) is 63.5 Å². The summed E-state index contributed by atoms with van der Waals surface area (Å²) in [6, 6.07) is 20.0. The predicted molar refractivity (Wildman–Crippen MR) is 106 cm³/mol. The summed E-state index contributed by atoms with van der Waals surface area (Å²) in [7, 11) is 0. The largest absolute Gasteiger partial charge is 0.351 e. The number of nitrogens with one attached hydrogen (secondary N) is 1. The fourth-order valence-corrected chi connectivity index (χ4v) is 3.74. The molecule has 4 rings (SSSR count). The molecule has 6 heteroatoms. The Bertz CT molecular complexity index is 1080. The molecule has 0 radical (unpaired) electrons. The molecule has 2 aromatic carbocycles.